The zero-order valence-electron chi connectivity index (χ0n) is 9.91. The average molecular weight is 208 g/mol. The number of aliphatic hydroxyl groups is 1. The van der Waals surface area contributed by atoms with Gasteiger partial charge in [-0.1, -0.05) is 19.9 Å². The topological polar surface area (TPSA) is 45.1 Å². The number of pyridine rings is 1. The SMILES string of the molecule is CC(C)c1ccc(NCC(C)(C)O)nc1. The van der Waals surface area contributed by atoms with Gasteiger partial charge in [0.25, 0.3) is 0 Å². The summed E-state index contributed by atoms with van der Waals surface area (Å²) in [6, 6.07) is 4.01. The Morgan fingerprint density at radius 2 is 2.07 bits per heavy atom. The van der Waals surface area contributed by atoms with Crippen molar-refractivity contribution in [1.29, 1.82) is 0 Å². The molecule has 1 rings (SSSR count). The molecule has 3 nitrogen and oxygen atoms in total. The molecule has 0 bridgehead atoms. The number of rotatable bonds is 4. The lowest BCUT2D eigenvalue weighted by Crippen LogP contribution is -2.29. The average Bonchev–Trinajstić information content (AvgIpc) is 2.14. The molecule has 0 unspecified atom stereocenters. The maximum Gasteiger partial charge on any atom is 0.125 e. The molecule has 1 heterocycles. The Kier molecular flexibility index (Phi) is 3.69. The smallest absolute Gasteiger partial charge is 0.125 e. The van der Waals surface area contributed by atoms with E-state index in [0.717, 1.165) is 5.82 Å². The van der Waals surface area contributed by atoms with Gasteiger partial charge in [-0.3, -0.25) is 0 Å². The van der Waals surface area contributed by atoms with E-state index in [1.165, 1.54) is 5.56 Å². The molecule has 0 spiro atoms. The zero-order valence-corrected chi connectivity index (χ0v) is 9.91. The number of anilines is 1. The standard InChI is InChI=1S/C12H20N2O/c1-9(2)10-5-6-11(13-7-10)14-8-12(3,4)15/h5-7,9,15H,8H2,1-4H3,(H,13,14). The highest BCUT2D eigenvalue weighted by Gasteiger charge is 2.11. The van der Waals surface area contributed by atoms with E-state index in [1.54, 1.807) is 13.8 Å². The molecule has 2 N–H and O–H groups in total. The Bertz CT molecular complexity index is 298. The third kappa shape index (κ3) is 4.30. The van der Waals surface area contributed by atoms with Crippen molar-refractivity contribution < 1.29 is 5.11 Å². The van der Waals surface area contributed by atoms with Gasteiger partial charge in [-0.2, -0.15) is 0 Å². The Labute approximate surface area is 91.5 Å². The van der Waals surface area contributed by atoms with Crippen LogP contribution in [0.25, 0.3) is 0 Å². The molecule has 0 atom stereocenters. The molecule has 0 aromatic carbocycles. The van der Waals surface area contributed by atoms with Gasteiger partial charge in [-0.05, 0) is 31.4 Å². The van der Waals surface area contributed by atoms with Crippen LogP contribution in [0, 0.1) is 0 Å². The van der Waals surface area contributed by atoms with E-state index >= 15 is 0 Å². The fraction of sp³-hybridized carbons (Fsp3) is 0.583. The van der Waals surface area contributed by atoms with Crippen LogP contribution in [0.1, 0.15) is 39.2 Å². The van der Waals surface area contributed by atoms with Crippen LogP contribution >= 0.6 is 0 Å². The molecule has 15 heavy (non-hydrogen) atoms. The van der Waals surface area contributed by atoms with Gasteiger partial charge in [0.1, 0.15) is 5.82 Å². The first kappa shape index (κ1) is 12.0. The van der Waals surface area contributed by atoms with Crippen LogP contribution in [0.3, 0.4) is 0 Å². The van der Waals surface area contributed by atoms with Crippen molar-refractivity contribution in [3.05, 3.63) is 23.9 Å². The molecule has 0 amide bonds. The molecular weight excluding hydrogens is 188 g/mol. The van der Waals surface area contributed by atoms with Crippen LogP contribution in [0.2, 0.25) is 0 Å². The van der Waals surface area contributed by atoms with Gasteiger partial charge < -0.3 is 10.4 Å². The summed E-state index contributed by atoms with van der Waals surface area (Å²) in [7, 11) is 0. The van der Waals surface area contributed by atoms with Gasteiger partial charge >= 0.3 is 0 Å². The predicted molar refractivity (Wildman–Crippen MR) is 63.1 cm³/mol. The normalized spacial score (nSPS) is 11.9. The Morgan fingerprint density at radius 3 is 2.47 bits per heavy atom. The molecule has 0 fully saturated rings. The summed E-state index contributed by atoms with van der Waals surface area (Å²) >= 11 is 0. The van der Waals surface area contributed by atoms with Gasteiger partial charge in [0, 0.05) is 12.7 Å². The molecule has 3 heteroatoms. The lowest BCUT2D eigenvalue weighted by molar-refractivity contribution is 0.0944. The van der Waals surface area contributed by atoms with Gasteiger partial charge in [0.05, 0.1) is 5.60 Å². The molecule has 0 aliphatic heterocycles. The van der Waals surface area contributed by atoms with Crippen LogP contribution in [0.4, 0.5) is 5.82 Å². The van der Waals surface area contributed by atoms with Crippen molar-refractivity contribution in [1.82, 2.24) is 4.98 Å². The minimum Gasteiger partial charge on any atom is -0.389 e. The minimum atomic E-state index is -0.710. The van der Waals surface area contributed by atoms with Crippen molar-refractivity contribution >= 4 is 5.82 Å². The van der Waals surface area contributed by atoms with Gasteiger partial charge in [0.2, 0.25) is 0 Å². The van der Waals surface area contributed by atoms with Crippen molar-refractivity contribution in [2.75, 3.05) is 11.9 Å². The minimum absolute atomic E-state index is 0.501. The van der Waals surface area contributed by atoms with Crippen molar-refractivity contribution in [3.8, 4) is 0 Å². The first-order valence-electron chi connectivity index (χ1n) is 5.31. The lowest BCUT2D eigenvalue weighted by Gasteiger charge is -2.18. The molecule has 0 aliphatic carbocycles. The second kappa shape index (κ2) is 4.62. The Morgan fingerprint density at radius 1 is 1.40 bits per heavy atom. The van der Waals surface area contributed by atoms with Crippen LogP contribution in [0.15, 0.2) is 18.3 Å². The summed E-state index contributed by atoms with van der Waals surface area (Å²) < 4.78 is 0. The van der Waals surface area contributed by atoms with Crippen LogP contribution < -0.4 is 5.32 Å². The summed E-state index contributed by atoms with van der Waals surface area (Å²) in [6.07, 6.45) is 1.87. The van der Waals surface area contributed by atoms with Crippen LogP contribution in [0.5, 0.6) is 0 Å². The summed E-state index contributed by atoms with van der Waals surface area (Å²) in [6.45, 7) is 8.31. The summed E-state index contributed by atoms with van der Waals surface area (Å²) in [5, 5.41) is 12.6. The van der Waals surface area contributed by atoms with Crippen molar-refractivity contribution in [2.24, 2.45) is 0 Å². The van der Waals surface area contributed by atoms with E-state index in [9.17, 15) is 5.11 Å². The monoisotopic (exact) mass is 208 g/mol. The van der Waals surface area contributed by atoms with Crippen LogP contribution in [-0.2, 0) is 0 Å². The first-order valence-corrected chi connectivity index (χ1v) is 5.31. The lowest BCUT2D eigenvalue weighted by atomic mass is 10.1. The largest absolute Gasteiger partial charge is 0.389 e. The number of hydrogen-bond donors (Lipinski definition) is 2. The number of nitrogens with zero attached hydrogens (tertiary/aromatic N) is 1. The Hall–Kier alpha value is -1.09. The molecule has 0 aliphatic rings. The van der Waals surface area contributed by atoms with Crippen LogP contribution in [-0.4, -0.2) is 22.2 Å². The van der Waals surface area contributed by atoms with E-state index in [1.807, 2.05) is 12.3 Å². The molecule has 0 saturated carbocycles. The highest BCUT2D eigenvalue weighted by molar-refractivity contribution is 5.36. The second-order valence-corrected chi connectivity index (χ2v) is 4.80. The quantitative estimate of drug-likeness (QED) is 0.798. The number of hydrogen-bond acceptors (Lipinski definition) is 3. The molecule has 0 saturated heterocycles. The molecule has 0 radical (unpaired) electrons. The van der Waals surface area contributed by atoms with E-state index in [2.05, 4.69) is 30.2 Å². The highest BCUT2D eigenvalue weighted by Crippen LogP contribution is 2.14. The number of nitrogens with one attached hydrogen (secondary N) is 1. The molecule has 84 valence electrons. The molecular formula is C12H20N2O. The summed E-state index contributed by atoms with van der Waals surface area (Å²) in [4.78, 5) is 4.28. The fourth-order valence-corrected chi connectivity index (χ4v) is 1.16. The first-order chi connectivity index (χ1) is 6.88. The third-order valence-electron chi connectivity index (χ3n) is 2.16. The van der Waals surface area contributed by atoms with Crippen molar-refractivity contribution in [2.45, 2.75) is 39.2 Å². The van der Waals surface area contributed by atoms with Crippen molar-refractivity contribution in [3.63, 3.8) is 0 Å². The highest BCUT2D eigenvalue weighted by atomic mass is 16.3. The molecule has 1 aromatic heterocycles. The maximum absolute atomic E-state index is 9.53. The Balaban J connectivity index is 2.57. The van der Waals surface area contributed by atoms with E-state index in [0.29, 0.717) is 12.5 Å². The third-order valence-corrected chi connectivity index (χ3v) is 2.16. The zero-order chi connectivity index (χ0) is 11.5. The van der Waals surface area contributed by atoms with E-state index in [4.69, 9.17) is 0 Å². The van der Waals surface area contributed by atoms with E-state index < -0.39 is 5.60 Å². The summed E-state index contributed by atoms with van der Waals surface area (Å²) in [5.74, 6) is 1.31. The predicted octanol–water partition coefficient (Wildman–Crippen LogP) is 2.39. The van der Waals surface area contributed by atoms with Gasteiger partial charge in [0.15, 0.2) is 0 Å². The maximum atomic E-state index is 9.53. The van der Waals surface area contributed by atoms with Gasteiger partial charge in [-0.15, -0.1) is 0 Å². The second-order valence-electron chi connectivity index (χ2n) is 4.80. The molecule has 1 aromatic rings. The van der Waals surface area contributed by atoms with Gasteiger partial charge in [-0.25, -0.2) is 4.98 Å². The number of aromatic nitrogens is 1. The van der Waals surface area contributed by atoms with E-state index in [-0.39, 0.29) is 0 Å². The fourth-order valence-electron chi connectivity index (χ4n) is 1.16. The summed E-state index contributed by atoms with van der Waals surface area (Å²) in [5.41, 5.74) is 0.516.